The van der Waals surface area contributed by atoms with Crippen molar-refractivity contribution in [1.82, 2.24) is 4.98 Å². The van der Waals surface area contributed by atoms with Crippen LogP contribution in [0.4, 0.5) is 0 Å². The van der Waals surface area contributed by atoms with Crippen molar-refractivity contribution < 1.29 is 29.0 Å². The van der Waals surface area contributed by atoms with Crippen molar-refractivity contribution in [3.8, 4) is 0 Å². The van der Waals surface area contributed by atoms with Gasteiger partial charge in [-0.25, -0.2) is 9.59 Å². The van der Waals surface area contributed by atoms with Gasteiger partial charge in [-0.3, -0.25) is 4.79 Å². The van der Waals surface area contributed by atoms with Crippen LogP contribution < -0.4 is 0 Å². The molecule has 0 saturated heterocycles. The third kappa shape index (κ3) is 4.34. The van der Waals surface area contributed by atoms with E-state index < -0.39 is 23.5 Å². The molecule has 7 nitrogen and oxygen atoms in total. The van der Waals surface area contributed by atoms with Crippen LogP contribution in [0.5, 0.6) is 0 Å². The number of esters is 2. The monoisotopic (exact) mass is 311 g/mol. The van der Waals surface area contributed by atoms with Gasteiger partial charge in [-0.1, -0.05) is 0 Å². The molecule has 0 radical (unpaired) electrons. The van der Waals surface area contributed by atoms with Crippen LogP contribution in [0.15, 0.2) is 0 Å². The topological polar surface area (TPSA) is 106 Å². The van der Waals surface area contributed by atoms with Crippen LogP contribution in [0.1, 0.15) is 59.8 Å². The zero-order chi connectivity index (χ0) is 17.1. The van der Waals surface area contributed by atoms with Crippen molar-refractivity contribution in [2.24, 2.45) is 0 Å². The van der Waals surface area contributed by atoms with Gasteiger partial charge in [0.1, 0.15) is 11.3 Å². The van der Waals surface area contributed by atoms with Gasteiger partial charge in [0.15, 0.2) is 0 Å². The summed E-state index contributed by atoms with van der Waals surface area (Å²) in [6, 6.07) is 0. The van der Waals surface area contributed by atoms with E-state index in [0.29, 0.717) is 0 Å². The van der Waals surface area contributed by atoms with E-state index in [4.69, 9.17) is 9.47 Å². The van der Waals surface area contributed by atoms with E-state index in [1.807, 2.05) is 0 Å². The SMILES string of the molecule is CCOC(=O)Cc1[nH]c(C(=O)OC(C)(C)C)c(C)c1C(=O)O. The van der Waals surface area contributed by atoms with Crippen LogP contribution in [0, 0.1) is 6.92 Å². The minimum Gasteiger partial charge on any atom is -0.478 e. The average molecular weight is 311 g/mol. The first kappa shape index (κ1) is 17.7. The molecule has 1 aromatic rings. The van der Waals surface area contributed by atoms with Crippen molar-refractivity contribution in [3.05, 3.63) is 22.5 Å². The zero-order valence-electron chi connectivity index (χ0n) is 13.4. The lowest BCUT2D eigenvalue weighted by Crippen LogP contribution is -2.24. The van der Waals surface area contributed by atoms with Crippen LogP contribution in [0.2, 0.25) is 0 Å². The van der Waals surface area contributed by atoms with E-state index in [1.165, 1.54) is 6.92 Å². The van der Waals surface area contributed by atoms with Gasteiger partial charge in [0.2, 0.25) is 0 Å². The van der Waals surface area contributed by atoms with E-state index in [1.54, 1.807) is 27.7 Å². The molecule has 0 aliphatic carbocycles. The fraction of sp³-hybridized carbons (Fsp3) is 0.533. The molecule has 122 valence electrons. The third-order valence-corrected chi connectivity index (χ3v) is 2.77. The first-order valence-corrected chi connectivity index (χ1v) is 6.90. The Hall–Kier alpha value is -2.31. The number of carboxylic acids is 1. The fourth-order valence-electron chi connectivity index (χ4n) is 1.97. The molecule has 0 saturated carbocycles. The number of hydrogen-bond acceptors (Lipinski definition) is 5. The Labute approximate surface area is 128 Å². The van der Waals surface area contributed by atoms with Gasteiger partial charge in [0.05, 0.1) is 18.6 Å². The van der Waals surface area contributed by atoms with Crippen LogP contribution in [-0.2, 0) is 20.7 Å². The molecule has 0 atom stereocenters. The smallest absolute Gasteiger partial charge is 0.355 e. The second-order valence-electron chi connectivity index (χ2n) is 5.77. The third-order valence-electron chi connectivity index (χ3n) is 2.77. The molecule has 22 heavy (non-hydrogen) atoms. The minimum atomic E-state index is -1.22. The number of rotatable bonds is 5. The van der Waals surface area contributed by atoms with Gasteiger partial charge >= 0.3 is 17.9 Å². The van der Waals surface area contributed by atoms with Crippen LogP contribution in [0.3, 0.4) is 0 Å². The first-order chi connectivity index (χ1) is 10.1. The lowest BCUT2D eigenvalue weighted by atomic mass is 10.1. The number of carbonyl (C=O) groups excluding carboxylic acids is 2. The molecule has 0 bridgehead atoms. The highest BCUT2D eigenvalue weighted by atomic mass is 16.6. The molecule has 0 fully saturated rings. The lowest BCUT2D eigenvalue weighted by Gasteiger charge is -2.19. The number of carboxylic acid groups (broad SMARTS) is 1. The molecule has 0 spiro atoms. The summed E-state index contributed by atoms with van der Waals surface area (Å²) in [7, 11) is 0. The maximum Gasteiger partial charge on any atom is 0.355 e. The predicted molar refractivity (Wildman–Crippen MR) is 78.0 cm³/mol. The summed E-state index contributed by atoms with van der Waals surface area (Å²) in [6.45, 7) is 8.47. The van der Waals surface area contributed by atoms with E-state index in [9.17, 15) is 19.5 Å². The molecular weight excluding hydrogens is 290 g/mol. The molecule has 0 aliphatic heterocycles. The number of nitrogens with one attached hydrogen (secondary N) is 1. The van der Waals surface area contributed by atoms with E-state index in [0.717, 1.165) is 0 Å². The number of aromatic nitrogens is 1. The number of carbonyl (C=O) groups is 3. The summed E-state index contributed by atoms with van der Waals surface area (Å²) in [5.74, 6) is -2.45. The Morgan fingerprint density at radius 1 is 1.23 bits per heavy atom. The van der Waals surface area contributed by atoms with Crippen LogP contribution >= 0.6 is 0 Å². The maximum absolute atomic E-state index is 12.1. The highest BCUT2D eigenvalue weighted by molar-refractivity contribution is 5.98. The second-order valence-corrected chi connectivity index (χ2v) is 5.77. The summed E-state index contributed by atoms with van der Waals surface area (Å²) in [5.41, 5.74) is -0.412. The highest BCUT2D eigenvalue weighted by Gasteiger charge is 2.28. The highest BCUT2D eigenvalue weighted by Crippen LogP contribution is 2.22. The Morgan fingerprint density at radius 2 is 1.82 bits per heavy atom. The number of hydrogen-bond donors (Lipinski definition) is 2. The van der Waals surface area contributed by atoms with Gasteiger partial charge < -0.3 is 19.6 Å². The normalized spacial score (nSPS) is 11.1. The second kappa shape index (κ2) is 6.64. The number of aromatic amines is 1. The minimum absolute atomic E-state index is 0.0339. The van der Waals surface area contributed by atoms with Crippen molar-refractivity contribution >= 4 is 17.9 Å². The van der Waals surface area contributed by atoms with Gasteiger partial charge in [0, 0.05) is 5.69 Å². The quantitative estimate of drug-likeness (QED) is 0.806. The maximum atomic E-state index is 12.1. The lowest BCUT2D eigenvalue weighted by molar-refractivity contribution is -0.142. The number of H-pyrrole nitrogens is 1. The van der Waals surface area contributed by atoms with Gasteiger partial charge in [-0.05, 0) is 40.2 Å². The molecule has 0 amide bonds. The fourth-order valence-corrected chi connectivity index (χ4v) is 1.97. The summed E-state index contributed by atoms with van der Waals surface area (Å²) in [5, 5.41) is 9.29. The summed E-state index contributed by atoms with van der Waals surface area (Å²) >= 11 is 0. The van der Waals surface area contributed by atoms with Crippen molar-refractivity contribution in [1.29, 1.82) is 0 Å². The molecule has 0 aromatic carbocycles. The summed E-state index contributed by atoms with van der Waals surface area (Å²) in [4.78, 5) is 37.7. The predicted octanol–water partition coefficient (Wildman–Crippen LogP) is 2.08. The molecule has 1 heterocycles. The van der Waals surface area contributed by atoms with Crippen molar-refractivity contribution in [3.63, 3.8) is 0 Å². The average Bonchev–Trinajstić information content (AvgIpc) is 2.64. The van der Waals surface area contributed by atoms with Crippen LogP contribution in [-0.4, -0.2) is 40.2 Å². The van der Waals surface area contributed by atoms with E-state index in [-0.39, 0.29) is 35.5 Å². The summed E-state index contributed by atoms with van der Waals surface area (Å²) < 4.78 is 10.0. The largest absolute Gasteiger partial charge is 0.478 e. The van der Waals surface area contributed by atoms with E-state index >= 15 is 0 Å². The Morgan fingerprint density at radius 3 is 2.27 bits per heavy atom. The van der Waals surface area contributed by atoms with Crippen molar-refractivity contribution in [2.45, 2.75) is 46.6 Å². The molecule has 0 unspecified atom stereocenters. The first-order valence-electron chi connectivity index (χ1n) is 6.90. The molecule has 1 rings (SSSR count). The van der Waals surface area contributed by atoms with Crippen molar-refractivity contribution in [2.75, 3.05) is 6.61 Å². The van der Waals surface area contributed by atoms with Gasteiger partial charge in [-0.2, -0.15) is 0 Å². The van der Waals surface area contributed by atoms with E-state index in [2.05, 4.69) is 4.98 Å². The standard InChI is InChI=1S/C15H21NO6/c1-6-21-10(17)7-9-11(13(18)19)8(2)12(16-9)14(20)22-15(3,4)5/h16H,6-7H2,1-5H3,(H,18,19). The Kier molecular flexibility index (Phi) is 5.35. The molecule has 7 heteroatoms. The molecular formula is C15H21NO6. The Balaban J connectivity index is 3.19. The zero-order valence-corrected chi connectivity index (χ0v) is 13.4. The summed E-state index contributed by atoms with van der Waals surface area (Å²) in [6.07, 6.45) is -0.251. The number of ether oxygens (including phenoxy) is 2. The van der Waals surface area contributed by atoms with Gasteiger partial charge in [-0.15, -0.1) is 0 Å². The van der Waals surface area contributed by atoms with Crippen LogP contribution in [0.25, 0.3) is 0 Å². The molecule has 1 aromatic heterocycles. The molecule has 2 N–H and O–H groups in total. The van der Waals surface area contributed by atoms with Gasteiger partial charge in [0.25, 0.3) is 0 Å². The molecule has 0 aliphatic rings. The number of aromatic carboxylic acids is 1. The Bertz CT molecular complexity index is 594.